The van der Waals surface area contributed by atoms with E-state index >= 15 is 0 Å². The number of benzene rings is 3. The topological polar surface area (TPSA) is 64.0 Å². The van der Waals surface area contributed by atoms with Gasteiger partial charge in [0, 0.05) is 11.6 Å². The number of anilines is 1. The molecule has 10 heteroatoms. The van der Waals surface area contributed by atoms with Crippen molar-refractivity contribution < 1.29 is 18.0 Å². The highest BCUT2D eigenvalue weighted by Gasteiger charge is 2.35. The third-order valence-corrected chi connectivity index (χ3v) is 6.86. The van der Waals surface area contributed by atoms with E-state index in [1.165, 1.54) is 10.6 Å². The highest BCUT2D eigenvalue weighted by molar-refractivity contribution is 8.00. The van der Waals surface area contributed by atoms with Gasteiger partial charge in [0.15, 0.2) is 5.16 Å². The van der Waals surface area contributed by atoms with Crippen molar-refractivity contribution in [2.45, 2.75) is 36.5 Å². The van der Waals surface area contributed by atoms with Crippen molar-refractivity contribution in [3.8, 4) is 0 Å². The van der Waals surface area contributed by atoms with Crippen LogP contribution in [0.2, 0.25) is 5.02 Å². The maximum Gasteiger partial charge on any atom is 0.418 e. The summed E-state index contributed by atoms with van der Waals surface area (Å²) in [5.41, 5.74) is -0.674. The molecule has 1 aromatic heterocycles. The van der Waals surface area contributed by atoms with Crippen molar-refractivity contribution in [3.05, 3.63) is 99.3 Å². The summed E-state index contributed by atoms with van der Waals surface area (Å²) in [7, 11) is 0. The minimum Gasteiger partial charge on any atom is -0.324 e. The molecule has 4 aromatic rings. The predicted molar refractivity (Wildman–Crippen MR) is 136 cm³/mol. The van der Waals surface area contributed by atoms with Gasteiger partial charge in [-0.05, 0) is 42.3 Å². The van der Waals surface area contributed by atoms with Crippen molar-refractivity contribution in [1.82, 2.24) is 9.55 Å². The van der Waals surface area contributed by atoms with Gasteiger partial charge in [0.25, 0.3) is 5.56 Å². The molecule has 36 heavy (non-hydrogen) atoms. The van der Waals surface area contributed by atoms with Gasteiger partial charge in [0.2, 0.25) is 5.91 Å². The number of hydrogen-bond acceptors (Lipinski definition) is 4. The molecule has 0 aliphatic heterocycles. The molecule has 0 unspecified atom stereocenters. The summed E-state index contributed by atoms with van der Waals surface area (Å²) < 4.78 is 42.4. The number of thioether (sulfide) groups is 1. The van der Waals surface area contributed by atoms with Gasteiger partial charge < -0.3 is 5.32 Å². The van der Waals surface area contributed by atoms with Crippen LogP contribution in [0.3, 0.4) is 0 Å². The van der Waals surface area contributed by atoms with E-state index in [2.05, 4.69) is 10.3 Å². The Morgan fingerprint density at radius 3 is 2.47 bits per heavy atom. The second-order valence-corrected chi connectivity index (χ2v) is 9.46. The van der Waals surface area contributed by atoms with E-state index in [1.807, 2.05) is 6.92 Å². The molecule has 5 nitrogen and oxygen atoms in total. The molecule has 0 spiro atoms. The molecular formula is C26H21ClF3N3O2S. The van der Waals surface area contributed by atoms with Crippen LogP contribution in [0.25, 0.3) is 10.9 Å². The first-order valence-corrected chi connectivity index (χ1v) is 12.3. The van der Waals surface area contributed by atoms with E-state index in [-0.39, 0.29) is 10.6 Å². The second kappa shape index (κ2) is 10.8. The quantitative estimate of drug-likeness (QED) is 0.207. The Kier molecular flexibility index (Phi) is 7.70. The molecule has 1 heterocycles. The van der Waals surface area contributed by atoms with Gasteiger partial charge in [-0.1, -0.05) is 72.8 Å². The molecule has 0 radical (unpaired) electrons. The Bertz CT molecular complexity index is 1460. The van der Waals surface area contributed by atoms with Crippen LogP contribution in [-0.4, -0.2) is 15.5 Å². The molecule has 1 N–H and O–H groups in total. The first kappa shape index (κ1) is 25.8. The van der Waals surface area contributed by atoms with Crippen molar-refractivity contribution in [3.63, 3.8) is 0 Å². The van der Waals surface area contributed by atoms with Crippen LogP contribution in [-0.2, 0) is 17.5 Å². The number of amides is 1. The molecule has 0 fully saturated rings. The number of alkyl halides is 3. The number of nitrogens with one attached hydrogen (secondary N) is 1. The number of carbonyl (C=O) groups excluding carboxylic acids is 1. The Labute approximate surface area is 214 Å². The fourth-order valence-corrected chi connectivity index (χ4v) is 5.02. The zero-order valence-electron chi connectivity index (χ0n) is 19.1. The van der Waals surface area contributed by atoms with E-state index in [4.69, 9.17) is 11.6 Å². The summed E-state index contributed by atoms with van der Waals surface area (Å²) in [6, 6.07) is 18.7. The highest BCUT2D eigenvalue weighted by atomic mass is 35.5. The maximum atomic E-state index is 13.6. The summed E-state index contributed by atoms with van der Waals surface area (Å²) in [6.45, 7) is 2.29. The van der Waals surface area contributed by atoms with Gasteiger partial charge in [-0.2, -0.15) is 13.2 Å². The number of nitrogens with zero attached hydrogens (tertiary/aromatic N) is 2. The van der Waals surface area contributed by atoms with Crippen molar-refractivity contribution in [1.29, 1.82) is 0 Å². The molecule has 4 rings (SSSR count). The highest BCUT2D eigenvalue weighted by Crippen LogP contribution is 2.39. The third kappa shape index (κ3) is 5.57. The molecule has 0 aliphatic carbocycles. The summed E-state index contributed by atoms with van der Waals surface area (Å²) in [4.78, 5) is 31.3. The Balaban J connectivity index is 1.78. The average molecular weight is 532 g/mol. The smallest absolute Gasteiger partial charge is 0.324 e. The third-order valence-electron chi connectivity index (χ3n) is 5.38. The van der Waals surface area contributed by atoms with Crippen molar-refractivity contribution >= 4 is 45.9 Å². The van der Waals surface area contributed by atoms with Crippen LogP contribution in [0.5, 0.6) is 0 Å². The van der Waals surface area contributed by atoms with Crippen molar-refractivity contribution in [2.75, 3.05) is 5.32 Å². The minimum absolute atomic E-state index is 0.0988. The first-order chi connectivity index (χ1) is 17.2. The minimum atomic E-state index is -4.72. The molecule has 186 valence electrons. The van der Waals surface area contributed by atoms with Gasteiger partial charge in [-0.3, -0.25) is 14.2 Å². The maximum absolute atomic E-state index is 13.6. The first-order valence-electron chi connectivity index (χ1n) is 11.1. The predicted octanol–water partition coefficient (Wildman–Crippen LogP) is 6.95. The molecule has 0 bridgehead atoms. The lowest BCUT2D eigenvalue weighted by Gasteiger charge is -2.21. The molecule has 0 aliphatic rings. The Morgan fingerprint density at radius 1 is 1.08 bits per heavy atom. The van der Waals surface area contributed by atoms with E-state index in [0.29, 0.717) is 34.6 Å². The summed E-state index contributed by atoms with van der Waals surface area (Å²) in [5, 5.41) is 2.08. The Hall–Kier alpha value is -3.30. The molecular weight excluding hydrogens is 511 g/mol. The summed E-state index contributed by atoms with van der Waals surface area (Å²) >= 11 is 6.79. The summed E-state index contributed by atoms with van der Waals surface area (Å²) in [5.74, 6) is -0.690. The van der Waals surface area contributed by atoms with Gasteiger partial charge >= 0.3 is 6.18 Å². The van der Waals surface area contributed by atoms with Crippen LogP contribution in [0.15, 0.2) is 82.7 Å². The zero-order valence-corrected chi connectivity index (χ0v) is 20.6. The molecule has 0 saturated carbocycles. The van der Waals surface area contributed by atoms with Crippen LogP contribution < -0.4 is 10.9 Å². The average Bonchev–Trinajstić information content (AvgIpc) is 2.85. The fourth-order valence-electron chi connectivity index (χ4n) is 3.72. The van der Waals surface area contributed by atoms with Gasteiger partial charge in [0.1, 0.15) is 5.25 Å². The molecule has 0 saturated heterocycles. The number of hydrogen-bond donors (Lipinski definition) is 1. The van der Waals surface area contributed by atoms with Gasteiger partial charge in [-0.15, -0.1) is 0 Å². The van der Waals surface area contributed by atoms with Crippen LogP contribution >= 0.6 is 23.4 Å². The number of fused-ring (bicyclic) bond motifs is 1. The molecule has 3 aromatic carbocycles. The lowest BCUT2D eigenvalue weighted by Crippen LogP contribution is -2.26. The number of carbonyl (C=O) groups is 1. The van der Waals surface area contributed by atoms with E-state index in [0.717, 1.165) is 23.9 Å². The number of halogens is 4. The lowest BCUT2D eigenvalue weighted by molar-refractivity contribution is -0.137. The van der Waals surface area contributed by atoms with Gasteiger partial charge in [0.05, 0.1) is 22.2 Å². The SMILES string of the molecule is CCCn1c(S[C@@H](C(=O)Nc2ccc(Cl)cc2C(F)(F)F)c2ccccc2)nc2ccccc2c1=O. The van der Waals surface area contributed by atoms with Crippen LogP contribution in [0, 0.1) is 0 Å². The summed E-state index contributed by atoms with van der Waals surface area (Å²) in [6.07, 6.45) is -4.07. The largest absolute Gasteiger partial charge is 0.418 e. The van der Waals surface area contributed by atoms with Crippen LogP contribution in [0.4, 0.5) is 18.9 Å². The van der Waals surface area contributed by atoms with E-state index in [1.54, 1.807) is 54.6 Å². The van der Waals surface area contributed by atoms with E-state index < -0.39 is 28.6 Å². The zero-order chi connectivity index (χ0) is 25.9. The lowest BCUT2D eigenvalue weighted by atomic mass is 10.1. The molecule has 1 atom stereocenters. The monoisotopic (exact) mass is 531 g/mol. The second-order valence-electron chi connectivity index (χ2n) is 7.95. The number of rotatable bonds is 7. The van der Waals surface area contributed by atoms with Gasteiger partial charge in [-0.25, -0.2) is 4.98 Å². The fraction of sp³-hybridized carbons (Fsp3) is 0.192. The van der Waals surface area contributed by atoms with E-state index in [9.17, 15) is 22.8 Å². The molecule has 1 amide bonds. The normalized spacial score (nSPS) is 12.5. The standard InChI is InChI=1S/C26H21ClF3N3O2S/c1-2-14-33-24(35)18-10-6-7-11-20(18)32-25(33)36-22(16-8-4-3-5-9-16)23(34)31-21-13-12-17(27)15-19(21)26(28,29)30/h3-13,15,22H,2,14H2,1H3,(H,31,34)/t22-/m1/s1. The van der Waals surface area contributed by atoms with Crippen molar-refractivity contribution in [2.24, 2.45) is 0 Å². The van der Waals surface area contributed by atoms with Crippen LogP contribution in [0.1, 0.15) is 29.7 Å². The number of para-hydroxylation sites is 1. The number of aromatic nitrogens is 2. The Morgan fingerprint density at radius 2 is 1.78 bits per heavy atom.